The molecular weight excluding hydrogens is 162 g/mol. The Morgan fingerprint density at radius 1 is 1.31 bits per heavy atom. The largest absolute Gasteiger partial charge is 0.387 e. The van der Waals surface area contributed by atoms with Crippen LogP contribution >= 0.6 is 0 Å². The van der Waals surface area contributed by atoms with E-state index in [1.165, 1.54) is 19.3 Å². The Balaban J connectivity index is 1.72. The van der Waals surface area contributed by atoms with Gasteiger partial charge in [-0.05, 0) is 49.1 Å². The van der Waals surface area contributed by atoms with Gasteiger partial charge in [0.2, 0.25) is 0 Å². The fourth-order valence-electron chi connectivity index (χ4n) is 2.80. The molecule has 2 fully saturated rings. The summed E-state index contributed by atoms with van der Waals surface area (Å²) < 4.78 is 0. The van der Waals surface area contributed by atoms with Crippen molar-refractivity contribution >= 4 is 0 Å². The lowest BCUT2D eigenvalue weighted by molar-refractivity contribution is 0.101. The van der Waals surface area contributed by atoms with Crippen molar-refractivity contribution in [3.8, 4) is 0 Å². The summed E-state index contributed by atoms with van der Waals surface area (Å²) in [6.45, 7) is 0. The number of aromatic amines is 1. The number of aromatic nitrogens is 1. The van der Waals surface area contributed by atoms with E-state index in [0.29, 0.717) is 5.92 Å². The summed E-state index contributed by atoms with van der Waals surface area (Å²) >= 11 is 0. The first kappa shape index (κ1) is 7.63. The third kappa shape index (κ3) is 1.20. The topological polar surface area (TPSA) is 36.0 Å². The highest BCUT2D eigenvalue weighted by Crippen LogP contribution is 2.56. The summed E-state index contributed by atoms with van der Waals surface area (Å²) in [5, 5.41) is 10.0. The molecule has 13 heavy (non-hydrogen) atoms. The highest BCUT2D eigenvalue weighted by atomic mass is 16.3. The summed E-state index contributed by atoms with van der Waals surface area (Å²) in [4.78, 5) is 3.09. The molecule has 0 amide bonds. The molecule has 0 aromatic carbocycles. The SMILES string of the molecule is OC(c1ccc[nH]1)C1CC2CC2C1. The van der Waals surface area contributed by atoms with Gasteiger partial charge in [0.15, 0.2) is 0 Å². The van der Waals surface area contributed by atoms with Crippen LogP contribution in [-0.2, 0) is 0 Å². The molecule has 0 bridgehead atoms. The Bertz CT molecular complexity index is 283. The zero-order chi connectivity index (χ0) is 8.84. The van der Waals surface area contributed by atoms with Crippen molar-refractivity contribution in [3.05, 3.63) is 24.0 Å². The summed E-state index contributed by atoms with van der Waals surface area (Å²) in [7, 11) is 0. The van der Waals surface area contributed by atoms with Crippen LogP contribution in [0.4, 0.5) is 0 Å². The van der Waals surface area contributed by atoms with Crippen molar-refractivity contribution in [1.82, 2.24) is 4.98 Å². The van der Waals surface area contributed by atoms with Crippen LogP contribution in [0.5, 0.6) is 0 Å². The summed E-state index contributed by atoms with van der Waals surface area (Å²) in [5.41, 5.74) is 0.992. The van der Waals surface area contributed by atoms with E-state index in [1.807, 2.05) is 18.3 Å². The van der Waals surface area contributed by atoms with E-state index in [-0.39, 0.29) is 6.10 Å². The Hall–Kier alpha value is -0.760. The maximum absolute atomic E-state index is 10.0. The number of rotatable bonds is 2. The third-order valence-electron chi connectivity index (χ3n) is 3.67. The number of nitrogens with one attached hydrogen (secondary N) is 1. The Morgan fingerprint density at radius 2 is 2.08 bits per heavy atom. The third-order valence-corrected chi connectivity index (χ3v) is 3.67. The first-order valence-electron chi connectivity index (χ1n) is 5.16. The molecule has 0 saturated heterocycles. The zero-order valence-corrected chi connectivity index (χ0v) is 7.61. The minimum atomic E-state index is -0.247. The molecule has 0 spiro atoms. The predicted octanol–water partition coefficient (Wildman–Crippen LogP) is 2.09. The second-order valence-electron chi connectivity index (χ2n) is 4.56. The van der Waals surface area contributed by atoms with Gasteiger partial charge in [-0.2, -0.15) is 0 Å². The van der Waals surface area contributed by atoms with Crippen molar-refractivity contribution in [2.24, 2.45) is 17.8 Å². The van der Waals surface area contributed by atoms with Crippen LogP contribution in [-0.4, -0.2) is 10.1 Å². The molecule has 70 valence electrons. The summed E-state index contributed by atoms with van der Waals surface area (Å²) in [5.74, 6) is 2.42. The van der Waals surface area contributed by atoms with E-state index >= 15 is 0 Å². The smallest absolute Gasteiger partial charge is 0.0965 e. The minimum absolute atomic E-state index is 0.247. The number of H-pyrrole nitrogens is 1. The molecule has 3 unspecified atom stereocenters. The molecule has 1 aromatic heterocycles. The Kier molecular flexibility index (Phi) is 1.53. The molecule has 2 nitrogen and oxygen atoms in total. The van der Waals surface area contributed by atoms with Gasteiger partial charge in [-0.1, -0.05) is 0 Å². The Morgan fingerprint density at radius 3 is 2.69 bits per heavy atom. The van der Waals surface area contributed by atoms with Crippen LogP contribution in [0, 0.1) is 17.8 Å². The van der Waals surface area contributed by atoms with Crippen LogP contribution in [0.15, 0.2) is 18.3 Å². The van der Waals surface area contributed by atoms with Crippen molar-refractivity contribution in [3.63, 3.8) is 0 Å². The van der Waals surface area contributed by atoms with Gasteiger partial charge in [0, 0.05) is 11.9 Å². The molecular formula is C11H15NO. The van der Waals surface area contributed by atoms with Gasteiger partial charge >= 0.3 is 0 Å². The molecule has 2 aliphatic carbocycles. The van der Waals surface area contributed by atoms with Crippen LogP contribution in [0.25, 0.3) is 0 Å². The highest BCUT2D eigenvalue weighted by Gasteiger charge is 2.47. The van der Waals surface area contributed by atoms with E-state index in [1.54, 1.807) is 0 Å². The standard InChI is InChI=1S/C11H15NO/c13-11(10-2-1-3-12-10)9-5-7-4-8(7)6-9/h1-3,7-9,11-13H,4-6H2. The van der Waals surface area contributed by atoms with Gasteiger partial charge in [0.05, 0.1) is 6.10 Å². The van der Waals surface area contributed by atoms with Crippen molar-refractivity contribution in [2.45, 2.75) is 25.4 Å². The van der Waals surface area contributed by atoms with Gasteiger partial charge in [0.25, 0.3) is 0 Å². The second kappa shape index (κ2) is 2.61. The van der Waals surface area contributed by atoms with Gasteiger partial charge < -0.3 is 10.1 Å². The molecule has 2 aliphatic rings. The number of aliphatic hydroxyl groups excluding tert-OH is 1. The molecule has 2 N–H and O–H groups in total. The molecule has 0 radical (unpaired) electrons. The number of hydrogen-bond donors (Lipinski definition) is 2. The lowest BCUT2D eigenvalue weighted by Crippen LogP contribution is -2.11. The number of aliphatic hydroxyl groups is 1. The summed E-state index contributed by atoms with van der Waals surface area (Å²) in [6, 6.07) is 3.93. The van der Waals surface area contributed by atoms with Gasteiger partial charge in [0.1, 0.15) is 0 Å². The second-order valence-corrected chi connectivity index (χ2v) is 4.56. The average molecular weight is 177 g/mol. The lowest BCUT2D eigenvalue weighted by atomic mass is 9.95. The van der Waals surface area contributed by atoms with Crippen LogP contribution in [0.1, 0.15) is 31.1 Å². The van der Waals surface area contributed by atoms with Gasteiger partial charge in [-0.15, -0.1) is 0 Å². The number of hydrogen-bond acceptors (Lipinski definition) is 1. The van der Waals surface area contributed by atoms with E-state index < -0.39 is 0 Å². The predicted molar refractivity (Wildman–Crippen MR) is 50.1 cm³/mol. The first-order valence-corrected chi connectivity index (χ1v) is 5.16. The van der Waals surface area contributed by atoms with Crippen molar-refractivity contribution in [2.75, 3.05) is 0 Å². The number of fused-ring (bicyclic) bond motifs is 1. The van der Waals surface area contributed by atoms with Crippen molar-refractivity contribution < 1.29 is 5.11 Å². The Labute approximate surface area is 78.0 Å². The van der Waals surface area contributed by atoms with Crippen LogP contribution < -0.4 is 0 Å². The quantitative estimate of drug-likeness (QED) is 0.713. The van der Waals surface area contributed by atoms with Crippen LogP contribution in [0.3, 0.4) is 0 Å². The molecule has 1 aromatic rings. The maximum Gasteiger partial charge on any atom is 0.0965 e. The highest BCUT2D eigenvalue weighted by molar-refractivity contribution is 5.10. The molecule has 2 heteroatoms. The minimum Gasteiger partial charge on any atom is -0.387 e. The molecule has 2 saturated carbocycles. The first-order chi connectivity index (χ1) is 6.34. The monoisotopic (exact) mass is 177 g/mol. The van der Waals surface area contributed by atoms with Crippen LogP contribution in [0.2, 0.25) is 0 Å². The van der Waals surface area contributed by atoms with E-state index in [4.69, 9.17) is 0 Å². The van der Waals surface area contributed by atoms with Gasteiger partial charge in [-0.25, -0.2) is 0 Å². The molecule has 3 atom stereocenters. The molecule has 3 rings (SSSR count). The zero-order valence-electron chi connectivity index (χ0n) is 7.61. The molecule has 0 aliphatic heterocycles. The average Bonchev–Trinajstić information content (AvgIpc) is 2.63. The van der Waals surface area contributed by atoms with Crippen molar-refractivity contribution in [1.29, 1.82) is 0 Å². The maximum atomic E-state index is 10.0. The molecule has 1 heterocycles. The fourth-order valence-corrected chi connectivity index (χ4v) is 2.80. The van der Waals surface area contributed by atoms with E-state index in [2.05, 4.69) is 4.98 Å². The fraction of sp³-hybridized carbons (Fsp3) is 0.636. The normalized spacial score (nSPS) is 38.7. The lowest BCUT2D eigenvalue weighted by Gasteiger charge is -2.18. The van der Waals surface area contributed by atoms with E-state index in [9.17, 15) is 5.11 Å². The van der Waals surface area contributed by atoms with E-state index in [0.717, 1.165) is 17.5 Å². The van der Waals surface area contributed by atoms with Gasteiger partial charge in [-0.3, -0.25) is 0 Å². The summed E-state index contributed by atoms with van der Waals surface area (Å²) in [6.07, 6.45) is 5.54.